The molecule has 0 aliphatic heterocycles. The SMILES string of the molecule is CC(C)[Si]([O][Ti]([OH])([OH])[O]C1CCCCC1)(C(C)C)C(C)C. The van der Waals surface area contributed by atoms with E-state index in [1.165, 1.54) is 6.42 Å². The van der Waals surface area contributed by atoms with Gasteiger partial charge in [0.25, 0.3) is 0 Å². The van der Waals surface area contributed by atoms with Crippen LogP contribution >= 0.6 is 0 Å². The minimum atomic E-state index is -4.61. The third-order valence-corrected chi connectivity index (χ3v) is 14.8. The van der Waals surface area contributed by atoms with Gasteiger partial charge in [0.05, 0.1) is 0 Å². The van der Waals surface area contributed by atoms with E-state index < -0.39 is 26.5 Å². The van der Waals surface area contributed by atoms with Crippen molar-refractivity contribution in [3.63, 3.8) is 0 Å². The molecule has 1 aliphatic carbocycles. The zero-order valence-electron chi connectivity index (χ0n) is 14.6. The minimum absolute atomic E-state index is 0.0214. The summed E-state index contributed by atoms with van der Waals surface area (Å²) in [5.74, 6) is 0. The molecule has 0 unspecified atom stereocenters. The van der Waals surface area contributed by atoms with Crippen LogP contribution in [0, 0.1) is 0 Å². The van der Waals surface area contributed by atoms with Gasteiger partial charge in [-0.3, -0.25) is 0 Å². The Morgan fingerprint density at radius 1 is 0.857 bits per heavy atom. The number of hydrogen-bond acceptors (Lipinski definition) is 4. The van der Waals surface area contributed by atoms with Gasteiger partial charge in [-0.1, -0.05) is 0 Å². The van der Waals surface area contributed by atoms with Crippen LogP contribution in [0.5, 0.6) is 0 Å². The van der Waals surface area contributed by atoms with Crippen molar-refractivity contribution in [1.29, 1.82) is 0 Å². The molecule has 126 valence electrons. The Bertz CT molecular complexity index is 293. The Hall–Kier alpha value is 0.771. The van der Waals surface area contributed by atoms with Crippen LogP contribution < -0.4 is 0 Å². The first-order valence-electron chi connectivity index (χ1n) is 8.44. The van der Waals surface area contributed by atoms with Gasteiger partial charge in [-0.2, -0.15) is 0 Å². The summed E-state index contributed by atoms with van der Waals surface area (Å²) >= 11 is -4.61. The van der Waals surface area contributed by atoms with Crippen molar-refractivity contribution in [2.45, 2.75) is 96.4 Å². The topological polar surface area (TPSA) is 58.9 Å². The summed E-state index contributed by atoms with van der Waals surface area (Å²) < 4.78 is 32.8. The first kappa shape index (κ1) is 19.8. The van der Waals surface area contributed by atoms with Crippen molar-refractivity contribution in [1.82, 2.24) is 0 Å². The van der Waals surface area contributed by atoms with E-state index >= 15 is 0 Å². The number of hydrogen-bond donors (Lipinski definition) is 2. The zero-order valence-corrected chi connectivity index (χ0v) is 17.1. The van der Waals surface area contributed by atoms with Gasteiger partial charge in [-0.05, 0) is 0 Å². The molecule has 4 nitrogen and oxygen atoms in total. The van der Waals surface area contributed by atoms with Gasteiger partial charge < -0.3 is 0 Å². The first-order valence-corrected chi connectivity index (χ1v) is 13.3. The van der Waals surface area contributed by atoms with Crippen LogP contribution in [0.15, 0.2) is 0 Å². The Labute approximate surface area is 136 Å². The van der Waals surface area contributed by atoms with Crippen molar-refractivity contribution in [2.24, 2.45) is 0 Å². The fourth-order valence-corrected chi connectivity index (χ4v) is 16.0. The predicted octanol–water partition coefficient (Wildman–Crippen LogP) is 4.33. The molecular weight excluding hydrogens is 320 g/mol. The molecule has 0 aromatic rings. The molecule has 0 aromatic heterocycles. The van der Waals surface area contributed by atoms with E-state index in [0.29, 0.717) is 16.6 Å². The molecule has 2 N–H and O–H groups in total. The maximum absolute atomic E-state index is 10.5. The van der Waals surface area contributed by atoms with E-state index in [4.69, 9.17) is 6.33 Å². The predicted molar refractivity (Wildman–Crippen MR) is 84.5 cm³/mol. The average Bonchev–Trinajstić information content (AvgIpc) is 2.35. The van der Waals surface area contributed by atoms with Crippen molar-refractivity contribution in [2.75, 3.05) is 0 Å². The quantitative estimate of drug-likeness (QED) is 0.668. The second-order valence-electron chi connectivity index (χ2n) is 7.35. The van der Waals surface area contributed by atoms with Crippen LogP contribution in [0.25, 0.3) is 0 Å². The van der Waals surface area contributed by atoms with Gasteiger partial charge in [0.1, 0.15) is 0 Å². The molecule has 0 saturated heterocycles. The molecular formula is C15H34O4SiTi. The Kier molecular flexibility index (Phi) is 7.59. The van der Waals surface area contributed by atoms with Crippen LogP contribution in [0.3, 0.4) is 0 Å². The summed E-state index contributed by atoms with van der Waals surface area (Å²) in [6.07, 6.45) is 5.29. The van der Waals surface area contributed by atoms with E-state index in [2.05, 4.69) is 41.5 Å². The molecule has 1 saturated carbocycles. The van der Waals surface area contributed by atoms with Crippen molar-refractivity contribution >= 4 is 8.32 Å². The maximum atomic E-state index is 10.5. The molecule has 0 radical (unpaired) electrons. The van der Waals surface area contributed by atoms with Gasteiger partial charge in [-0.15, -0.1) is 0 Å². The monoisotopic (exact) mass is 354 g/mol. The van der Waals surface area contributed by atoms with Crippen LogP contribution in [0.4, 0.5) is 0 Å². The van der Waals surface area contributed by atoms with Gasteiger partial charge >= 0.3 is 137 Å². The van der Waals surface area contributed by atoms with E-state index in [-0.39, 0.29) is 6.10 Å². The van der Waals surface area contributed by atoms with Gasteiger partial charge in [0.15, 0.2) is 0 Å². The molecule has 6 heteroatoms. The fourth-order valence-electron chi connectivity index (χ4n) is 4.01. The molecule has 0 amide bonds. The zero-order chi connectivity index (χ0) is 16.3. The summed E-state index contributed by atoms with van der Waals surface area (Å²) in [7, 11) is -2.29. The summed E-state index contributed by atoms with van der Waals surface area (Å²) in [5.41, 5.74) is 0.991. The molecule has 1 aliphatic rings. The standard InChI is InChI=1S/C9H21OSi.C6H11O.2H2O.Ti/c1-7(2)11(10,8(3)4)9(5)6;7-6-4-2-1-3-5-6;;;/h7-9H,1-6H3;6H,1-5H2;2*1H2;/q2*-1;;;+4/p-2. The van der Waals surface area contributed by atoms with Crippen molar-refractivity contribution in [3.8, 4) is 0 Å². The molecule has 0 spiro atoms. The molecule has 0 aromatic carbocycles. The number of rotatable bonds is 7. The van der Waals surface area contributed by atoms with Crippen molar-refractivity contribution < 1.29 is 31.8 Å². The van der Waals surface area contributed by atoms with E-state index in [9.17, 15) is 7.38 Å². The van der Waals surface area contributed by atoms with Crippen molar-refractivity contribution in [3.05, 3.63) is 0 Å². The normalized spacial score (nSPS) is 19.0. The molecule has 0 bridgehead atoms. The summed E-state index contributed by atoms with van der Waals surface area (Å²) in [6.45, 7) is 12.9. The van der Waals surface area contributed by atoms with Crippen LogP contribution in [0.2, 0.25) is 16.6 Å². The van der Waals surface area contributed by atoms with Gasteiger partial charge in [0.2, 0.25) is 0 Å². The molecule has 21 heavy (non-hydrogen) atoms. The molecule has 0 heterocycles. The third kappa shape index (κ3) is 5.13. The molecule has 0 atom stereocenters. The first-order chi connectivity index (χ1) is 9.62. The summed E-state index contributed by atoms with van der Waals surface area (Å²) in [6, 6.07) is 0. The average molecular weight is 354 g/mol. The molecule has 1 fully saturated rings. The van der Waals surface area contributed by atoms with Gasteiger partial charge in [0, 0.05) is 0 Å². The third-order valence-electron chi connectivity index (χ3n) is 4.89. The summed E-state index contributed by atoms with van der Waals surface area (Å²) in [5, 5.41) is 0. The summed E-state index contributed by atoms with van der Waals surface area (Å²) in [4.78, 5) is 0. The van der Waals surface area contributed by atoms with E-state index in [1.54, 1.807) is 0 Å². The second kappa shape index (κ2) is 8.04. The van der Waals surface area contributed by atoms with Gasteiger partial charge in [-0.25, -0.2) is 0 Å². The van der Waals surface area contributed by atoms with E-state index in [0.717, 1.165) is 25.7 Å². The van der Waals surface area contributed by atoms with Crippen LogP contribution in [-0.2, 0) is 24.5 Å². The Balaban J connectivity index is 2.84. The van der Waals surface area contributed by atoms with Crippen LogP contribution in [0.1, 0.15) is 73.6 Å². The Morgan fingerprint density at radius 3 is 1.67 bits per heavy atom. The fraction of sp³-hybridized carbons (Fsp3) is 1.00. The van der Waals surface area contributed by atoms with Crippen LogP contribution in [-0.4, -0.2) is 21.8 Å². The Morgan fingerprint density at radius 2 is 1.29 bits per heavy atom. The second-order valence-corrected chi connectivity index (χ2v) is 15.8. The van der Waals surface area contributed by atoms with E-state index in [1.807, 2.05) is 0 Å². The molecule has 1 rings (SSSR count).